The number of hydrogen-bond acceptors (Lipinski definition) is 3. The molecule has 98 valence electrons. The standard InChI is InChI=1S/C15H21NOS/c1-13(12-16-7-9-17-10-8-16)11-14-3-5-15(18-2)6-4-14/h3-6,11H,7-10,12H2,1-2H3. The van der Waals surface area contributed by atoms with Gasteiger partial charge >= 0.3 is 0 Å². The Labute approximate surface area is 114 Å². The molecule has 0 spiro atoms. The fourth-order valence-electron chi connectivity index (χ4n) is 2.14. The molecule has 1 aliphatic heterocycles. The van der Waals surface area contributed by atoms with E-state index in [-0.39, 0.29) is 0 Å². The summed E-state index contributed by atoms with van der Waals surface area (Å²) in [6, 6.07) is 8.74. The first kappa shape index (κ1) is 13.7. The van der Waals surface area contributed by atoms with Crippen molar-refractivity contribution >= 4 is 17.8 Å². The lowest BCUT2D eigenvalue weighted by atomic mass is 10.1. The zero-order chi connectivity index (χ0) is 12.8. The number of hydrogen-bond donors (Lipinski definition) is 0. The normalized spacial score (nSPS) is 18.0. The van der Waals surface area contributed by atoms with Crippen LogP contribution in [0.25, 0.3) is 6.08 Å². The highest BCUT2D eigenvalue weighted by Gasteiger charge is 2.09. The topological polar surface area (TPSA) is 12.5 Å². The summed E-state index contributed by atoms with van der Waals surface area (Å²) >= 11 is 1.78. The summed E-state index contributed by atoms with van der Waals surface area (Å²) in [7, 11) is 0. The average molecular weight is 263 g/mol. The minimum Gasteiger partial charge on any atom is -0.379 e. The van der Waals surface area contributed by atoms with Crippen LogP contribution in [-0.2, 0) is 4.74 Å². The summed E-state index contributed by atoms with van der Waals surface area (Å²) in [4.78, 5) is 3.77. The van der Waals surface area contributed by atoms with E-state index in [4.69, 9.17) is 4.74 Å². The van der Waals surface area contributed by atoms with Gasteiger partial charge in [0.25, 0.3) is 0 Å². The molecule has 2 rings (SSSR count). The van der Waals surface area contributed by atoms with Crippen molar-refractivity contribution < 1.29 is 4.74 Å². The Morgan fingerprint density at radius 3 is 2.56 bits per heavy atom. The van der Waals surface area contributed by atoms with Gasteiger partial charge in [-0.3, -0.25) is 4.90 Å². The lowest BCUT2D eigenvalue weighted by molar-refractivity contribution is 0.0424. The molecule has 1 aliphatic rings. The Kier molecular flexibility index (Phi) is 5.29. The Balaban J connectivity index is 1.93. The van der Waals surface area contributed by atoms with Crippen LogP contribution in [0.3, 0.4) is 0 Å². The maximum Gasteiger partial charge on any atom is 0.0594 e. The molecule has 0 aliphatic carbocycles. The molecule has 1 aromatic carbocycles. The summed E-state index contributed by atoms with van der Waals surface area (Å²) in [5.41, 5.74) is 2.70. The zero-order valence-corrected chi connectivity index (χ0v) is 12.0. The minimum atomic E-state index is 0.871. The van der Waals surface area contributed by atoms with E-state index in [1.54, 1.807) is 11.8 Å². The highest BCUT2D eigenvalue weighted by molar-refractivity contribution is 7.98. The Morgan fingerprint density at radius 2 is 1.94 bits per heavy atom. The van der Waals surface area contributed by atoms with Crippen LogP contribution in [0.15, 0.2) is 34.7 Å². The first-order chi connectivity index (χ1) is 8.78. The number of rotatable bonds is 4. The summed E-state index contributed by atoms with van der Waals surface area (Å²) in [5.74, 6) is 0. The fraction of sp³-hybridized carbons (Fsp3) is 0.467. The van der Waals surface area contributed by atoms with Crippen LogP contribution in [-0.4, -0.2) is 44.0 Å². The van der Waals surface area contributed by atoms with Gasteiger partial charge in [0.15, 0.2) is 0 Å². The van der Waals surface area contributed by atoms with Crippen LogP contribution >= 0.6 is 11.8 Å². The first-order valence-corrected chi connectivity index (χ1v) is 7.62. The van der Waals surface area contributed by atoms with Gasteiger partial charge in [-0.05, 0) is 30.9 Å². The summed E-state index contributed by atoms with van der Waals surface area (Å²) in [5, 5.41) is 0. The van der Waals surface area contributed by atoms with Gasteiger partial charge in [-0.15, -0.1) is 11.8 Å². The van der Waals surface area contributed by atoms with Gasteiger partial charge in [-0.1, -0.05) is 23.8 Å². The maximum atomic E-state index is 5.36. The quantitative estimate of drug-likeness (QED) is 0.774. The summed E-state index contributed by atoms with van der Waals surface area (Å²) in [6.07, 6.45) is 4.38. The van der Waals surface area contributed by atoms with Crippen LogP contribution in [0.4, 0.5) is 0 Å². The van der Waals surface area contributed by atoms with Crippen molar-refractivity contribution in [2.75, 3.05) is 39.1 Å². The van der Waals surface area contributed by atoms with Crippen molar-refractivity contribution in [2.24, 2.45) is 0 Å². The second-order valence-electron chi connectivity index (χ2n) is 4.65. The highest BCUT2D eigenvalue weighted by atomic mass is 32.2. The van der Waals surface area contributed by atoms with E-state index < -0.39 is 0 Å². The van der Waals surface area contributed by atoms with E-state index >= 15 is 0 Å². The molecule has 18 heavy (non-hydrogen) atoms. The predicted molar refractivity (Wildman–Crippen MR) is 79.1 cm³/mol. The average Bonchev–Trinajstić information content (AvgIpc) is 2.40. The van der Waals surface area contributed by atoms with Crippen LogP contribution in [0.5, 0.6) is 0 Å². The summed E-state index contributed by atoms with van der Waals surface area (Å²) in [6.45, 7) is 7.10. The molecule has 3 heteroatoms. The van der Waals surface area contributed by atoms with Crippen molar-refractivity contribution in [1.82, 2.24) is 4.90 Å². The van der Waals surface area contributed by atoms with Crippen LogP contribution < -0.4 is 0 Å². The van der Waals surface area contributed by atoms with E-state index in [0.29, 0.717) is 0 Å². The summed E-state index contributed by atoms with van der Waals surface area (Å²) < 4.78 is 5.36. The lowest BCUT2D eigenvalue weighted by Gasteiger charge is -2.26. The van der Waals surface area contributed by atoms with Crippen molar-refractivity contribution in [3.63, 3.8) is 0 Å². The third-order valence-corrected chi connectivity index (χ3v) is 3.85. The van der Waals surface area contributed by atoms with E-state index in [9.17, 15) is 0 Å². The van der Waals surface area contributed by atoms with E-state index in [0.717, 1.165) is 32.8 Å². The minimum absolute atomic E-state index is 0.871. The van der Waals surface area contributed by atoms with Crippen LogP contribution in [0.2, 0.25) is 0 Å². The lowest BCUT2D eigenvalue weighted by Crippen LogP contribution is -2.37. The monoisotopic (exact) mass is 263 g/mol. The third kappa shape index (κ3) is 4.16. The van der Waals surface area contributed by atoms with Crippen molar-refractivity contribution in [2.45, 2.75) is 11.8 Å². The van der Waals surface area contributed by atoms with Gasteiger partial charge < -0.3 is 4.74 Å². The van der Waals surface area contributed by atoms with E-state index in [2.05, 4.69) is 48.4 Å². The molecule has 0 N–H and O–H groups in total. The molecule has 1 aromatic rings. The number of nitrogens with zero attached hydrogens (tertiary/aromatic N) is 1. The second-order valence-corrected chi connectivity index (χ2v) is 5.53. The molecule has 0 aromatic heterocycles. The molecule has 0 atom stereocenters. The molecule has 0 radical (unpaired) electrons. The van der Waals surface area contributed by atoms with E-state index in [1.807, 2.05) is 0 Å². The van der Waals surface area contributed by atoms with Gasteiger partial charge in [0.2, 0.25) is 0 Å². The molecule has 1 fully saturated rings. The predicted octanol–water partition coefficient (Wildman–Crippen LogP) is 3.14. The van der Waals surface area contributed by atoms with Crippen molar-refractivity contribution in [3.8, 4) is 0 Å². The Bertz CT molecular complexity index is 393. The number of ether oxygens (including phenoxy) is 1. The van der Waals surface area contributed by atoms with Gasteiger partial charge in [0.05, 0.1) is 13.2 Å². The van der Waals surface area contributed by atoms with Crippen molar-refractivity contribution in [1.29, 1.82) is 0 Å². The van der Waals surface area contributed by atoms with Gasteiger partial charge in [0.1, 0.15) is 0 Å². The van der Waals surface area contributed by atoms with Gasteiger partial charge in [-0.2, -0.15) is 0 Å². The molecule has 0 unspecified atom stereocenters. The van der Waals surface area contributed by atoms with Crippen LogP contribution in [0, 0.1) is 0 Å². The number of morpholine rings is 1. The van der Waals surface area contributed by atoms with Gasteiger partial charge in [-0.25, -0.2) is 0 Å². The molecule has 2 nitrogen and oxygen atoms in total. The highest BCUT2D eigenvalue weighted by Crippen LogP contribution is 2.16. The second kappa shape index (κ2) is 6.98. The Hall–Kier alpha value is -0.770. The zero-order valence-electron chi connectivity index (χ0n) is 11.2. The third-order valence-electron chi connectivity index (χ3n) is 3.11. The SMILES string of the molecule is CSc1ccc(C=C(C)CN2CCOCC2)cc1. The number of thioether (sulfide) groups is 1. The van der Waals surface area contributed by atoms with Crippen LogP contribution in [0.1, 0.15) is 12.5 Å². The maximum absolute atomic E-state index is 5.36. The molecule has 0 bridgehead atoms. The molecule has 1 heterocycles. The first-order valence-electron chi connectivity index (χ1n) is 6.39. The van der Waals surface area contributed by atoms with Gasteiger partial charge in [0, 0.05) is 24.5 Å². The molecular weight excluding hydrogens is 242 g/mol. The smallest absolute Gasteiger partial charge is 0.0594 e. The number of benzene rings is 1. The molecular formula is C15H21NOS. The molecule has 0 saturated carbocycles. The molecule has 1 saturated heterocycles. The fourth-order valence-corrected chi connectivity index (χ4v) is 2.55. The van der Waals surface area contributed by atoms with Crippen molar-refractivity contribution in [3.05, 3.63) is 35.4 Å². The van der Waals surface area contributed by atoms with E-state index in [1.165, 1.54) is 16.0 Å². The molecule has 0 amide bonds. The Morgan fingerprint density at radius 1 is 1.28 bits per heavy atom. The largest absolute Gasteiger partial charge is 0.379 e.